The van der Waals surface area contributed by atoms with Crippen LogP contribution in [0.5, 0.6) is 0 Å². The molecular formula is C11H22O5. The minimum absolute atomic E-state index is 0.0976. The fourth-order valence-corrected chi connectivity index (χ4v) is 0.757. The lowest BCUT2D eigenvalue weighted by molar-refractivity contribution is -0.142. The van der Waals surface area contributed by atoms with Gasteiger partial charge in [0.2, 0.25) is 0 Å². The standard InChI is InChI=1S/C7H14O2.C4H8O3/c1-3-4-5-6-9-7(2)8;1-4(6)7-3-2-5/h3-6H2,1-2H3;5H,2-3H2,1H3. The third kappa shape index (κ3) is 23.1. The van der Waals surface area contributed by atoms with Crippen molar-refractivity contribution in [2.75, 3.05) is 19.8 Å². The summed E-state index contributed by atoms with van der Waals surface area (Å²) in [7, 11) is 0. The maximum Gasteiger partial charge on any atom is 0.302 e. The van der Waals surface area contributed by atoms with E-state index in [1.807, 2.05) is 0 Å². The van der Waals surface area contributed by atoms with E-state index in [1.54, 1.807) is 0 Å². The molecule has 0 atom stereocenters. The van der Waals surface area contributed by atoms with E-state index >= 15 is 0 Å². The fraction of sp³-hybridized carbons (Fsp3) is 0.818. The second kappa shape index (κ2) is 13.9. The molecule has 0 aliphatic carbocycles. The highest BCUT2D eigenvalue weighted by Crippen LogP contribution is 1.93. The number of carbonyl (C=O) groups excluding carboxylic acids is 2. The number of carbonyl (C=O) groups is 2. The van der Waals surface area contributed by atoms with Crippen molar-refractivity contribution < 1.29 is 24.2 Å². The molecule has 1 N–H and O–H groups in total. The fourth-order valence-electron chi connectivity index (χ4n) is 0.757. The molecule has 96 valence electrons. The molecule has 0 aromatic heterocycles. The molecule has 0 aliphatic heterocycles. The maximum absolute atomic E-state index is 10.2. The van der Waals surface area contributed by atoms with E-state index in [2.05, 4.69) is 11.7 Å². The largest absolute Gasteiger partial charge is 0.466 e. The Bertz CT molecular complexity index is 179. The van der Waals surface area contributed by atoms with Gasteiger partial charge < -0.3 is 14.6 Å². The summed E-state index contributed by atoms with van der Waals surface area (Å²) in [4.78, 5) is 20.1. The van der Waals surface area contributed by atoms with Crippen molar-refractivity contribution in [3.8, 4) is 0 Å². The van der Waals surface area contributed by atoms with Crippen molar-refractivity contribution in [1.29, 1.82) is 0 Å². The number of aliphatic hydroxyl groups is 1. The highest BCUT2D eigenvalue weighted by molar-refractivity contribution is 5.66. The van der Waals surface area contributed by atoms with Crippen LogP contribution >= 0.6 is 0 Å². The Kier molecular flexibility index (Phi) is 15.0. The second-order valence-corrected chi connectivity index (χ2v) is 3.11. The van der Waals surface area contributed by atoms with Gasteiger partial charge in [0.15, 0.2) is 0 Å². The van der Waals surface area contributed by atoms with E-state index in [0.717, 1.165) is 12.8 Å². The lowest BCUT2D eigenvalue weighted by Gasteiger charge is -1.98. The molecule has 0 fully saturated rings. The molecule has 0 aromatic carbocycles. The Labute approximate surface area is 96.7 Å². The summed E-state index contributed by atoms with van der Waals surface area (Å²) in [6.45, 7) is 5.45. The van der Waals surface area contributed by atoms with Crippen molar-refractivity contribution in [2.45, 2.75) is 40.0 Å². The summed E-state index contributed by atoms with van der Waals surface area (Å²) in [5.74, 6) is -0.528. The minimum Gasteiger partial charge on any atom is -0.466 e. The molecule has 5 heteroatoms. The predicted molar refractivity (Wildman–Crippen MR) is 59.9 cm³/mol. The molecule has 0 spiro atoms. The molecule has 0 saturated carbocycles. The first-order valence-corrected chi connectivity index (χ1v) is 5.42. The molecule has 0 amide bonds. The minimum atomic E-state index is -0.353. The molecule has 16 heavy (non-hydrogen) atoms. The number of hydrogen-bond acceptors (Lipinski definition) is 5. The van der Waals surface area contributed by atoms with Gasteiger partial charge in [0.1, 0.15) is 6.61 Å². The monoisotopic (exact) mass is 234 g/mol. The van der Waals surface area contributed by atoms with E-state index in [9.17, 15) is 9.59 Å². The Balaban J connectivity index is 0. The third-order valence-electron chi connectivity index (χ3n) is 1.45. The smallest absolute Gasteiger partial charge is 0.302 e. The van der Waals surface area contributed by atoms with Crippen molar-refractivity contribution in [1.82, 2.24) is 0 Å². The summed E-state index contributed by atoms with van der Waals surface area (Å²) in [6.07, 6.45) is 3.31. The van der Waals surface area contributed by atoms with Crippen LogP contribution in [-0.4, -0.2) is 36.9 Å². The molecule has 0 aliphatic rings. The molecule has 0 rings (SSSR count). The van der Waals surface area contributed by atoms with Crippen LogP contribution in [0.3, 0.4) is 0 Å². The number of esters is 2. The third-order valence-corrected chi connectivity index (χ3v) is 1.45. The average Bonchev–Trinajstić information content (AvgIpc) is 2.22. The van der Waals surface area contributed by atoms with Gasteiger partial charge in [0.05, 0.1) is 13.2 Å². The molecule has 0 radical (unpaired) electrons. The molecular weight excluding hydrogens is 212 g/mol. The van der Waals surface area contributed by atoms with E-state index in [-0.39, 0.29) is 25.2 Å². The molecule has 0 heterocycles. The highest BCUT2D eigenvalue weighted by atomic mass is 16.5. The van der Waals surface area contributed by atoms with Crippen molar-refractivity contribution >= 4 is 11.9 Å². The van der Waals surface area contributed by atoms with Crippen LogP contribution in [0.25, 0.3) is 0 Å². The van der Waals surface area contributed by atoms with Crippen molar-refractivity contribution in [2.24, 2.45) is 0 Å². The summed E-state index contributed by atoms with van der Waals surface area (Å²) >= 11 is 0. The van der Waals surface area contributed by atoms with E-state index in [1.165, 1.54) is 20.3 Å². The molecule has 0 aromatic rings. The Hall–Kier alpha value is -1.10. The SMILES string of the molecule is CC(=O)OCCO.CCCCCOC(C)=O. The molecule has 0 unspecified atom stereocenters. The van der Waals surface area contributed by atoms with Crippen molar-refractivity contribution in [3.63, 3.8) is 0 Å². The quantitative estimate of drug-likeness (QED) is 0.553. The lowest BCUT2D eigenvalue weighted by atomic mass is 10.3. The van der Waals surface area contributed by atoms with Crippen LogP contribution in [0.4, 0.5) is 0 Å². The van der Waals surface area contributed by atoms with Gasteiger partial charge in [-0.3, -0.25) is 9.59 Å². The summed E-state index contributed by atoms with van der Waals surface area (Å²) in [6, 6.07) is 0. The zero-order chi connectivity index (χ0) is 12.8. The highest BCUT2D eigenvalue weighted by Gasteiger charge is 1.89. The van der Waals surface area contributed by atoms with Gasteiger partial charge in [-0.2, -0.15) is 0 Å². The Morgan fingerprint density at radius 1 is 1.00 bits per heavy atom. The van der Waals surface area contributed by atoms with Crippen LogP contribution in [0, 0.1) is 0 Å². The van der Waals surface area contributed by atoms with Gasteiger partial charge in [0, 0.05) is 13.8 Å². The van der Waals surface area contributed by atoms with E-state index in [0.29, 0.717) is 6.61 Å². The number of aliphatic hydroxyl groups excluding tert-OH is 1. The summed E-state index contributed by atoms with van der Waals surface area (Å²) < 4.78 is 9.01. The summed E-state index contributed by atoms with van der Waals surface area (Å²) in [5, 5.41) is 8.04. The van der Waals surface area contributed by atoms with Gasteiger partial charge in [-0.25, -0.2) is 0 Å². The topological polar surface area (TPSA) is 72.8 Å². The van der Waals surface area contributed by atoms with Crippen LogP contribution in [0.15, 0.2) is 0 Å². The number of unbranched alkanes of at least 4 members (excludes halogenated alkanes) is 2. The maximum atomic E-state index is 10.2. The lowest BCUT2D eigenvalue weighted by Crippen LogP contribution is -2.03. The summed E-state index contributed by atoms with van der Waals surface area (Å²) in [5.41, 5.74) is 0. The van der Waals surface area contributed by atoms with Gasteiger partial charge >= 0.3 is 11.9 Å². The molecule has 5 nitrogen and oxygen atoms in total. The first-order valence-electron chi connectivity index (χ1n) is 5.42. The van der Waals surface area contributed by atoms with Crippen molar-refractivity contribution in [3.05, 3.63) is 0 Å². The zero-order valence-electron chi connectivity index (χ0n) is 10.3. The number of rotatable bonds is 6. The first-order chi connectivity index (χ1) is 7.54. The van der Waals surface area contributed by atoms with Crippen LogP contribution in [-0.2, 0) is 19.1 Å². The van der Waals surface area contributed by atoms with Gasteiger partial charge in [0.25, 0.3) is 0 Å². The average molecular weight is 234 g/mol. The number of ether oxygens (including phenoxy) is 2. The number of hydrogen-bond donors (Lipinski definition) is 1. The van der Waals surface area contributed by atoms with Gasteiger partial charge in [-0.1, -0.05) is 19.8 Å². The van der Waals surface area contributed by atoms with Gasteiger partial charge in [-0.05, 0) is 6.42 Å². The van der Waals surface area contributed by atoms with E-state index < -0.39 is 0 Å². The molecule has 0 bridgehead atoms. The Morgan fingerprint density at radius 3 is 1.81 bits per heavy atom. The van der Waals surface area contributed by atoms with Crippen LogP contribution < -0.4 is 0 Å². The normalized spacial score (nSPS) is 8.75. The van der Waals surface area contributed by atoms with Crippen LogP contribution in [0.1, 0.15) is 40.0 Å². The second-order valence-electron chi connectivity index (χ2n) is 3.11. The van der Waals surface area contributed by atoms with Crippen LogP contribution in [0.2, 0.25) is 0 Å². The molecule has 0 saturated heterocycles. The first kappa shape index (κ1) is 17.3. The Morgan fingerprint density at radius 2 is 1.50 bits per heavy atom. The van der Waals surface area contributed by atoms with E-state index in [4.69, 9.17) is 9.84 Å². The zero-order valence-corrected chi connectivity index (χ0v) is 10.3. The predicted octanol–water partition coefficient (Wildman–Crippen LogP) is 1.28. The van der Waals surface area contributed by atoms with Gasteiger partial charge in [-0.15, -0.1) is 0 Å².